The van der Waals surface area contributed by atoms with E-state index in [-0.39, 0.29) is 0 Å². The lowest BCUT2D eigenvalue weighted by Crippen LogP contribution is -2.34. The minimum absolute atomic E-state index is 0.490. The van der Waals surface area contributed by atoms with Gasteiger partial charge in [-0.05, 0) is 19.9 Å². The average Bonchev–Trinajstić information content (AvgIpc) is 2.71. The Morgan fingerprint density at radius 2 is 2.20 bits per heavy atom. The van der Waals surface area contributed by atoms with Gasteiger partial charge in [0.1, 0.15) is 12.2 Å². The minimum atomic E-state index is 0.490. The highest BCUT2D eigenvalue weighted by Gasteiger charge is 2.16. The molecular formula is C11H22N4. The first-order valence-electron chi connectivity index (χ1n) is 5.76. The van der Waals surface area contributed by atoms with Gasteiger partial charge in [0.15, 0.2) is 0 Å². The van der Waals surface area contributed by atoms with Crippen LogP contribution in [0.3, 0.4) is 0 Å². The lowest BCUT2D eigenvalue weighted by atomic mass is 9.96. The van der Waals surface area contributed by atoms with Gasteiger partial charge in [-0.25, -0.2) is 4.98 Å². The highest BCUT2D eigenvalue weighted by atomic mass is 15.3. The molecule has 1 heterocycles. The van der Waals surface area contributed by atoms with Crippen LogP contribution in [0.5, 0.6) is 0 Å². The molecule has 1 N–H and O–H groups in total. The van der Waals surface area contributed by atoms with E-state index in [0.717, 1.165) is 18.8 Å². The molecule has 0 spiro atoms. The van der Waals surface area contributed by atoms with Crippen molar-refractivity contribution in [3.05, 3.63) is 12.2 Å². The summed E-state index contributed by atoms with van der Waals surface area (Å²) in [6.45, 7) is 7.48. The molecule has 0 saturated carbocycles. The van der Waals surface area contributed by atoms with Crippen LogP contribution in [0.1, 0.15) is 33.0 Å². The quantitative estimate of drug-likeness (QED) is 0.773. The first-order valence-corrected chi connectivity index (χ1v) is 5.76. The molecule has 1 rings (SSSR count). The number of hydrogen-bond acceptors (Lipinski definition) is 3. The molecule has 0 aromatic carbocycles. The second kappa shape index (κ2) is 5.85. The smallest absolute Gasteiger partial charge is 0.138 e. The Hall–Kier alpha value is -0.900. The Morgan fingerprint density at radius 3 is 2.73 bits per heavy atom. The molecule has 4 nitrogen and oxygen atoms in total. The van der Waals surface area contributed by atoms with E-state index in [1.165, 1.54) is 6.42 Å². The molecule has 0 aliphatic carbocycles. The van der Waals surface area contributed by atoms with Gasteiger partial charge in [0, 0.05) is 19.0 Å². The molecule has 2 unspecified atom stereocenters. The maximum atomic E-state index is 4.30. The van der Waals surface area contributed by atoms with Gasteiger partial charge in [-0.3, -0.25) is 4.68 Å². The maximum Gasteiger partial charge on any atom is 0.138 e. The van der Waals surface area contributed by atoms with Crippen molar-refractivity contribution in [2.75, 3.05) is 7.05 Å². The Kier molecular flexibility index (Phi) is 4.75. The second-order valence-electron chi connectivity index (χ2n) is 3.98. The lowest BCUT2D eigenvalue weighted by Gasteiger charge is -2.21. The van der Waals surface area contributed by atoms with Gasteiger partial charge in [0.2, 0.25) is 0 Å². The SMILES string of the molecule is CCC(C)C(Cc1ncnn1CC)NC. The normalized spacial score (nSPS) is 15.2. The van der Waals surface area contributed by atoms with Crippen molar-refractivity contribution in [1.29, 1.82) is 0 Å². The first kappa shape index (κ1) is 12.2. The average molecular weight is 210 g/mol. The summed E-state index contributed by atoms with van der Waals surface area (Å²) in [7, 11) is 2.02. The van der Waals surface area contributed by atoms with Gasteiger partial charge in [0.05, 0.1) is 0 Å². The fourth-order valence-corrected chi connectivity index (χ4v) is 1.78. The molecule has 1 aromatic rings. The monoisotopic (exact) mass is 210 g/mol. The summed E-state index contributed by atoms with van der Waals surface area (Å²) in [4.78, 5) is 4.30. The molecule has 0 radical (unpaired) electrons. The van der Waals surface area contributed by atoms with Crippen molar-refractivity contribution in [1.82, 2.24) is 20.1 Å². The van der Waals surface area contributed by atoms with Crippen LogP contribution in [-0.4, -0.2) is 27.9 Å². The van der Waals surface area contributed by atoms with E-state index in [2.05, 4.69) is 36.2 Å². The van der Waals surface area contributed by atoms with E-state index in [4.69, 9.17) is 0 Å². The molecule has 86 valence electrons. The van der Waals surface area contributed by atoms with Crippen molar-refractivity contribution in [2.45, 2.75) is 46.2 Å². The molecule has 0 fully saturated rings. The molecule has 0 bridgehead atoms. The van der Waals surface area contributed by atoms with Gasteiger partial charge in [0.25, 0.3) is 0 Å². The van der Waals surface area contributed by atoms with Crippen LogP contribution in [-0.2, 0) is 13.0 Å². The number of nitrogens with one attached hydrogen (secondary N) is 1. The lowest BCUT2D eigenvalue weighted by molar-refractivity contribution is 0.375. The zero-order valence-corrected chi connectivity index (χ0v) is 10.2. The van der Waals surface area contributed by atoms with Gasteiger partial charge in [-0.2, -0.15) is 5.10 Å². The summed E-state index contributed by atoms with van der Waals surface area (Å²) in [6, 6.07) is 0.490. The summed E-state index contributed by atoms with van der Waals surface area (Å²) < 4.78 is 1.96. The summed E-state index contributed by atoms with van der Waals surface area (Å²) in [5, 5.41) is 7.55. The Morgan fingerprint density at radius 1 is 1.47 bits per heavy atom. The van der Waals surface area contributed by atoms with Crippen LogP contribution < -0.4 is 5.32 Å². The van der Waals surface area contributed by atoms with E-state index in [1.54, 1.807) is 6.33 Å². The van der Waals surface area contributed by atoms with Gasteiger partial charge >= 0.3 is 0 Å². The third-order valence-corrected chi connectivity index (χ3v) is 3.10. The Bertz CT molecular complexity index is 282. The van der Waals surface area contributed by atoms with Crippen LogP contribution in [0.2, 0.25) is 0 Å². The number of aryl methyl sites for hydroxylation is 1. The van der Waals surface area contributed by atoms with Crippen LogP contribution in [0.15, 0.2) is 6.33 Å². The standard InChI is InChI=1S/C11H22N4/c1-5-9(3)10(12-4)7-11-13-8-14-15(11)6-2/h8-10,12H,5-7H2,1-4H3. The molecule has 4 heteroatoms. The van der Waals surface area contributed by atoms with Crippen molar-refractivity contribution >= 4 is 0 Å². The van der Waals surface area contributed by atoms with Gasteiger partial charge in [-0.15, -0.1) is 0 Å². The van der Waals surface area contributed by atoms with E-state index >= 15 is 0 Å². The molecule has 1 aromatic heterocycles. The Labute approximate surface area is 92.1 Å². The number of likely N-dealkylation sites (N-methyl/N-ethyl adjacent to an activating group) is 1. The zero-order chi connectivity index (χ0) is 11.3. The van der Waals surface area contributed by atoms with E-state index in [0.29, 0.717) is 12.0 Å². The number of rotatable bonds is 6. The maximum absolute atomic E-state index is 4.30. The molecule has 2 atom stereocenters. The third-order valence-electron chi connectivity index (χ3n) is 3.10. The number of hydrogen-bond donors (Lipinski definition) is 1. The molecule has 0 saturated heterocycles. The highest BCUT2D eigenvalue weighted by Crippen LogP contribution is 2.11. The van der Waals surface area contributed by atoms with Crippen LogP contribution in [0.25, 0.3) is 0 Å². The number of aromatic nitrogens is 3. The summed E-state index contributed by atoms with van der Waals surface area (Å²) in [5.74, 6) is 1.74. The Balaban J connectivity index is 2.66. The minimum Gasteiger partial charge on any atom is -0.316 e. The third kappa shape index (κ3) is 3.02. The van der Waals surface area contributed by atoms with E-state index in [9.17, 15) is 0 Å². The van der Waals surface area contributed by atoms with E-state index in [1.807, 2.05) is 11.7 Å². The first-order chi connectivity index (χ1) is 7.22. The van der Waals surface area contributed by atoms with Gasteiger partial charge < -0.3 is 5.32 Å². The van der Waals surface area contributed by atoms with Crippen molar-refractivity contribution in [3.8, 4) is 0 Å². The summed E-state index contributed by atoms with van der Waals surface area (Å²) >= 11 is 0. The molecular weight excluding hydrogens is 188 g/mol. The van der Waals surface area contributed by atoms with Crippen LogP contribution >= 0.6 is 0 Å². The second-order valence-corrected chi connectivity index (χ2v) is 3.98. The predicted octanol–water partition coefficient (Wildman–Crippen LogP) is 1.47. The summed E-state index contributed by atoms with van der Waals surface area (Å²) in [5.41, 5.74) is 0. The largest absolute Gasteiger partial charge is 0.316 e. The predicted molar refractivity (Wildman–Crippen MR) is 61.7 cm³/mol. The van der Waals surface area contributed by atoms with Crippen molar-refractivity contribution in [2.24, 2.45) is 5.92 Å². The van der Waals surface area contributed by atoms with E-state index < -0.39 is 0 Å². The van der Waals surface area contributed by atoms with Crippen molar-refractivity contribution in [3.63, 3.8) is 0 Å². The summed E-state index contributed by atoms with van der Waals surface area (Å²) in [6.07, 6.45) is 3.79. The molecule has 0 aliphatic rings. The fourth-order valence-electron chi connectivity index (χ4n) is 1.78. The number of nitrogens with zero attached hydrogens (tertiary/aromatic N) is 3. The fraction of sp³-hybridized carbons (Fsp3) is 0.818. The van der Waals surface area contributed by atoms with Crippen molar-refractivity contribution < 1.29 is 0 Å². The highest BCUT2D eigenvalue weighted by molar-refractivity contribution is 4.90. The molecule has 15 heavy (non-hydrogen) atoms. The van der Waals surface area contributed by atoms with Gasteiger partial charge in [-0.1, -0.05) is 20.3 Å². The molecule has 0 aliphatic heterocycles. The zero-order valence-electron chi connectivity index (χ0n) is 10.2. The van der Waals surface area contributed by atoms with Crippen LogP contribution in [0.4, 0.5) is 0 Å². The topological polar surface area (TPSA) is 42.7 Å². The van der Waals surface area contributed by atoms with Crippen LogP contribution in [0, 0.1) is 5.92 Å². The molecule has 0 amide bonds.